The number of fused-ring (bicyclic) bond motifs is 1. The number of hydrogen-bond donors (Lipinski definition) is 1. The topological polar surface area (TPSA) is 115 Å². The third-order valence-corrected chi connectivity index (χ3v) is 6.28. The Morgan fingerprint density at radius 1 is 1.16 bits per heavy atom. The molecular formula is C27H30N8O2. The number of carbonyl (C=O) groups is 1. The van der Waals surface area contributed by atoms with Gasteiger partial charge in [-0.05, 0) is 45.1 Å². The highest BCUT2D eigenvalue weighted by molar-refractivity contribution is 5.98. The van der Waals surface area contributed by atoms with Crippen LogP contribution >= 0.6 is 0 Å². The Labute approximate surface area is 215 Å². The number of likely N-dealkylation sites (N-methyl/N-ethyl adjacent to an activating group) is 1. The van der Waals surface area contributed by atoms with Crippen molar-refractivity contribution in [2.75, 3.05) is 39.5 Å². The molecule has 0 radical (unpaired) electrons. The molecule has 4 aromatic rings. The number of piperidine rings is 1. The molecule has 190 valence electrons. The van der Waals surface area contributed by atoms with Crippen molar-refractivity contribution in [3.8, 4) is 22.9 Å². The summed E-state index contributed by atoms with van der Waals surface area (Å²) in [4.78, 5) is 29.9. The Morgan fingerprint density at radius 2 is 2.00 bits per heavy atom. The molecule has 2 N–H and O–H groups in total. The first kappa shape index (κ1) is 24.4. The molecule has 10 nitrogen and oxygen atoms in total. The minimum absolute atomic E-state index is 0.00980. The second kappa shape index (κ2) is 10.8. The third-order valence-electron chi connectivity index (χ3n) is 6.28. The maximum absolute atomic E-state index is 12.8. The molecule has 1 saturated heterocycles. The Hall–Kier alpha value is -4.31. The maximum Gasteiger partial charge on any atom is 0.246 e. The van der Waals surface area contributed by atoms with Crippen molar-refractivity contribution in [2.24, 2.45) is 0 Å². The van der Waals surface area contributed by atoms with Gasteiger partial charge in [-0.1, -0.05) is 24.3 Å². The zero-order chi connectivity index (χ0) is 25.8. The van der Waals surface area contributed by atoms with Crippen LogP contribution in [0.15, 0.2) is 67.1 Å². The van der Waals surface area contributed by atoms with Crippen LogP contribution in [0, 0.1) is 0 Å². The van der Waals surface area contributed by atoms with E-state index in [4.69, 9.17) is 15.6 Å². The number of hydrogen-bond acceptors (Lipinski definition) is 8. The fourth-order valence-electron chi connectivity index (χ4n) is 4.47. The fraction of sp³-hybridized carbons (Fsp3) is 0.296. The van der Waals surface area contributed by atoms with Crippen molar-refractivity contribution >= 4 is 22.8 Å². The maximum atomic E-state index is 12.8. The molecule has 0 saturated carbocycles. The molecular weight excluding hydrogens is 468 g/mol. The largest absolute Gasteiger partial charge is 0.439 e. The van der Waals surface area contributed by atoms with Crippen LogP contribution in [0.5, 0.6) is 11.6 Å². The van der Waals surface area contributed by atoms with E-state index in [0.717, 1.165) is 31.5 Å². The number of nitrogen functional groups attached to an aromatic ring is 1. The minimum atomic E-state index is -0.0286. The highest BCUT2D eigenvalue weighted by atomic mass is 16.5. The highest BCUT2D eigenvalue weighted by Crippen LogP contribution is 2.34. The molecule has 5 rings (SSSR count). The van der Waals surface area contributed by atoms with Gasteiger partial charge >= 0.3 is 0 Å². The average Bonchev–Trinajstić information content (AvgIpc) is 3.31. The molecule has 37 heavy (non-hydrogen) atoms. The summed E-state index contributed by atoms with van der Waals surface area (Å²) in [6.07, 6.45) is 8.46. The molecule has 1 aliphatic rings. The summed E-state index contributed by atoms with van der Waals surface area (Å²) >= 11 is 0. The van der Waals surface area contributed by atoms with E-state index in [2.05, 4.69) is 15.0 Å². The number of likely N-dealkylation sites (tertiary alicyclic amines) is 1. The van der Waals surface area contributed by atoms with Crippen molar-refractivity contribution < 1.29 is 9.53 Å². The summed E-state index contributed by atoms with van der Waals surface area (Å²) in [5.74, 6) is 1.55. The summed E-state index contributed by atoms with van der Waals surface area (Å²) in [5, 5.41) is 5.60. The molecule has 0 spiro atoms. The monoisotopic (exact) mass is 498 g/mol. The van der Waals surface area contributed by atoms with E-state index in [1.54, 1.807) is 18.3 Å². The number of rotatable bonds is 7. The van der Waals surface area contributed by atoms with E-state index >= 15 is 0 Å². The summed E-state index contributed by atoms with van der Waals surface area (Å²) in [7, 11) is 3.94. The number of benzene rings is 1. The fourth-order valence-corrected chi connectivity index (χ4v) is 4.47. The van der Waals surface area contributed by atoms with Gasteiger partial charge < -0.3 is 20.3 Å². The van der Waals surface area contributed by atoms with Crippen LogP contribution < -0.4 is 10.5 Å². The van der Waals surface area contributed by atoms with Crippen molar-refractivity contribution in [3.63, 3.8) is 0 Å². The molecule has 10 heteroatoms. The third kappa shape index (κ3) is 5.44. The predicted octanol–water partition coefficient (Wildman–Crippen LogP) is 3.54. The van der Waals surface area contributed by atoms with Crippen LogP contribution in [0.4, 0.5) is 5.82 Å². The quantitative estimate of drug-likeness (QED) is 0.385. The van der Waals surface area contributed by atoms with E-state index in [1.165, 1.54) is 6.33 Å². The van der Waals surface area contributed by atoms with E-state index < -0.39 is 0 Å². The first-order valence-corrected chi connectivity index (χ1v) is 12.3. The van der Waals surface area contributed by atoms with Gasteiger partial charge in [0, 0.05) is 43.5 Å². The summed E-state index contributed by atoms with van der Waals surface area (Å²) in [5.41, 5.74) is 8.38. The number of para-hydroxylation sites is 1. The zero-order valence-corrected chi connectivity index (χ0v) is 21.0. The molecule has 1 fully saturated rings. The number of pyridine rings is 1. The van der Waals surface area contributed by atoms with Gasteiger partial charge in [0.15, 0.2) is 5.65 Å². The van der Waals surface area contributed by atoms with Crippen LogP contribution in [-0.2, 0) is 4.79 Å². The Balaban J connectivity index is 1.42. The van der Waals surface area contributed by atoms with Crippen LogP contribution in [0.2, 0.25) is 0 Å². The second-order valence-electron chi connectivity index (χ2n) is 9.30. The van der Waals surface area contributed by atoms with Gasteiger partial charge in [-0.2, -0.15) is 5.10 Å². The van der Waals surface area contributed by atoms with Crippen LogP contribution in [0.3, 0.4) is 0 Å². The lowest BCUT2D eigenvalue weighted by molar-refractivity contribution is -0.127. The highest BCUT2D eigenvalue weighted by Gasteiger charge is 2.28. The first-order chi connectivity index (χ1) is 18.0. The van der Waals surface area contributed by atoms with Crippen LogP contribution in [-0.4, -0.2) is 74.2 Å². The van der Waals surface area contributed by atoms with Gasteiger partial charge in [-0.15, -0.1) is 0 Å². The number of ether oxygens (including phenoxy) is 1. The Kier molecular flexibility index (Phi) is 7.09. The minimum Gasteiger partial charge on any atom is -0.439 e. The van der Waals surface area contributed by atoms with Crippen LogP contribution in [0.25, 0.3) is 22.3 Å². The normalized spacial score (nSPS) is 16.1. The van der Waals surface area contributed by atoms with E-state index in [-0.39, 0.29) is 11.9 Å². The Morgan fingerprint density at radius 3 is 2.76 bits per heavy atom. The van der Waals surface area contributed by atoms with Crippen molar-refractivity contribution in [2.45, 2.75) is 18.9 Å². The van der Waals surface area contributed by atoms with Gasteiger partial charge in [-0.3, -0.25) is 4.79 Å². The molecule has 0 aliphatic carbocycles. The van der Waals surface area contributed by atoms with Crippen molar-refractivity contribution in [3.05, 3.63) is 67.1 Å². The molecule has 1 atom stereocenters. The van der Waals surface area contributed by atoms with Gasteiger partial charge in [0.05, 0.1) is 11.4 Å². The SMILES string of the molecule is CN(C)C/C=C/C(=O)N1CCC[C@@H](n2nc(-c3ccc(Oc4ccccc4)nc3)c3c(N)ncnc32)C1. The Bertz CT molecular complexity index is 1400. The number of amides is 1. The van der Waals surface area contributed by atoms with E-state index in [9.17, 15) is 4.79 Å². The number of anilines is 1. The average molecular weight is 499 g/mol. The zero-order valence-electron chi connectivity index (χ0n) is 21.0. The van der Waals surface area contributed by atoms with Gasteiger partial charge in [-0.25, -0.2) is 19.6 Å². The van der Waals surface area contributed by atoms with Gasteiger partial charge in [0.1, 0.15) is 23.6 Å². The molecule has 1 amide bonds. The van der Waals surface area contributed by atoms with Crippen molar-refractivity contribution in [1.29, 1.82) is 0 Å². The molecule has 4 heterocycles. The van der Waals surface area contributed by atoms with Crippen LogP contribution in [0.1, 0.15) is 18.9 Å². The number of carbonyl (C=O) groups excluding carboxylic acids is 1. The molecule has 1 aromatic carbocycles. The van der Waals surface area contributed by atoms with Crippen molar-refractivity contribution in [1.82, 2.24) is 34.5 Å². The standard InChI is InChI=1S/C27H30N8O2/c1-33(2)14-7-11-23(36)34-15-6-8-20(17-34)35-27-24(26(28)30-18-31-27)25(32-35)19-12-13-22(29-16-19)37-21-9-4-3-5-10-21/h3-5,7,9-13,16,18,20H,6,8,14-15,17H2,1-2H3,(H2,28,30,31)/b11-7+/t20-/m1/s1. The lowest BCUT2D eigenvalue weighted by Crippen LogP contribution is -2.40. The number of aromatic nitrogens is 5. The predicted molar refractivity (Wildman–Crippen MR) is 142 cm³/mol. The lowest BCUT2D eigenvalue weighted by atomic mass is 10.1. The molecule has 0 unspecified atom stereocenters. The van der Waals surface area contributed by atoms with E-state index in [0.29, 0.717) is 40.7 Å². The summed E-state index contributed by atoms with van der Waals surface area (Å²) in [6.45, 7) is 1.99. The molecule has 0 bridgehead atoms. The smallest absolute Gasteiger partial charge is 0.246 e. The van der Waals surface area contributed by atoms with Gasteiger partial charge in [0.25, 0.3) is 0 Å². The summed E-state index contributed by atoms with van der Waals surface area (Å²) in [6, 6.07) is 13.2. The number of nitrogens with two attached hydrogens (primary N) is 1. The van der Waals surface area contributed by atoms with Gasteiger partial charge in [0.2, 0.25) is 11.8 Å². The first-order valence-electron chi connectivity index (χ1n) is 12.3. The summed E-state index contributed by atoms with van der Waals surface area (Å²) < 4.78 is 7.71. The lowest BCUT2D eigenvalue weighted by Gasteiger charge is -2.32. The molecule has 3 aromatic heterocycles. The number of nitrogens with zero attached hydrogens (tertiary/aromatic N) is 7. The molecule has 1 aliphatic heterocycles. The second-order valence-corrected chi connectivity index (χ2v) is 9.30. The van der Waals surface area contributed by atoms with E-state index in [1.807, 2.05) is 71.1 Å².